The number of amides is 1. The number of carbonyl (C=O) groups excluding carboxylic acids is 2. The van der Waals surface area contributed by atoms with Gasteiger partial charge in [-0.25, -0.2) is 8.78 Å². The van der Waals surface area contributed by atoms with Crippen molar-refractivity contribution < 1.29 is 18.4 Å². The minimum atomic E-state index is -0.740. The molecule has 1 aliphatic heterocycles. The summed E-state index contributed by atoms with van der Waals surface area (Å²) >= 11 is 12.1. The number of nitrogens with zero attached hydrogens (tertiary/aromatic N) is 1. The van der Waals surface area contributed by atoms with Gasteiger partial charge >= 0.3 is 0 Å². The number of carbonyl (C=O) groups is 2. The minimum absolute atomic E-state index is 0.111. The first-order valence-corrected chi connectivity index (χ1v) is 9.62. The Bertz CT molecular complexity index is 1010. The van der Waals surface area contributed by atoms with Gasteiger partial charge < -0.3 is 0 Å². The van der Waals surface area contributed by atoms with Crippen LogP contribution in [0.1, 0.15) is 37.2 Å². The zero-order valence-corrected chi connectivity index (χ0v) is 16.2. The molecule has 1 atom stereocenters. The van der Waals surface area contributed by atoms with E-state index in [0.717, 1.165) is 0 Å². The lowest BCUT2D eigenvalue weighted by atomic mass is 9.77. The van der Waals surface area contributed by atoms with E-state index < -0.39 is 17.6 Å². The quantitative estimate of drug-likeness (QED) is 0.614. The van der Waals surface area contributed by atoms with Crippen LogP contribution in [0.4, 0.5) is 14.5 Å². The van der Waals surface area contributed by atoms with Gasteiger partial charge in [-0.1, -0.05) is 29.3 Å². The van der Waals surface area contributed by atoms with Gasteiger partial charge in [-0.3, -0.25) is 14.5 Å². The Morgan fingerprint density at radius 1 is 0.964 bits per heavy atom. The van der Waals surface area contributed by atoms with Crippen LogP contribution in [0.3, 0.4) is 0 Å². The van der Waals surface area contributed by atoms with Crippen LogP contribution in [0.2, 0.25) is 10.0 Å². The average Bonchev–Trinajstić information content (AvgIpc) is 2.64. The van der Waals surface area contributed by atoms with Crippen molar-refractivity contribution in [1.29, 1.82) is 0 Å². The monoisotopic (exact) mass is 421 g/mol. The first-order chi connectivity index (χ1) is 13.4. The number of Topliss-reactive ketones (excluding diaryl/α,β-unsaturated/α-hetero) is 1. The summed E-state index contributed by atoms with van der Waals surface area (Å²) < 4.78 is 28.1. The molecule has 2 aliphatic rings. The average molecular weight is 422 g/mol. The molecule has 0 saturated carbocycles. The van der Waals surface area contributed by atoms with Gasteiger partial charge in [0.15, 0.2) is 5.78 Å². The molecule has 28 heavy (non-hydrogen) atoms. The molecule has 0 fully saturated rings. The third-order valence-corrected chi connectivity index (χ3v) is 5.80. The second-order valence-electron chi connectivity index (χ2n) is 6.86. The van der Waals surface area contributed by atoms with Crippen molar-refractivity contribution in [2.75, 3.05) is 4.90 Å². The molecule has 1 heterocycles. The van der Waals surface area contributed by atoms with E-state index in [0.29, 0.717) is 36.2 Å². The topological polar surface area (TPSA) is 37.4 Å². The third-order valence-electron chi connectivity index (χ3n) is 5.18. The molecule has 0 N–H and O–H groups in total. The number of halogens is 4. The number of ketones is 1. The van der Waals surface area contributed by atoms with Gasteiger partial charge in [-0.2, -0.15) is 0 Å². The molecule has 0 aromatic heterocycles. The minimum Gasteiger partial charge on any atom is -0.294 e. The highest BCUT2D eigenvalue weighted by Gasteiger charge is 2.41. The summed E-state index contributed by atoms with van der Waals surface area (Å²) in [5.41, 5.74) is 1.46. The number of hydrogen-bond donors (Lipinski definition) is 0. The predicted octanol–water partition coefficient (Wildman–Crippen LogP) is 5.80. The van der Waals surface area contributed by atoms with Gasteiger partial charge in [-0.15, -0.1) is 0 Å². The summed E-state index contributed by atoms with van der Waals surface area (Å²) in [6.45, 7) is 0. The molecule has 7 heteroatoms. The standard InChI is InChI=1S/C21H15Cl2F2NO2/c22-13-3-1-4-16(25)20(13)12-10-19(28)26(11-7-8-15(24)14(23)9-11)17-5-2-6-18(27)21(12)17/h1,3-4,7-9,12H,2,5-6,10H2. The second-order valence-corrected chi connectivity index (χ2v) is 7.67. The molecular formula is C21H15Cl2F2NO2. The van der Waals surface area contributed by atoms with E-state index in [9.17, 15) is 18.4 Å². The van der Waals surface area contributed by atoms with Crippen molar-refractivity contribution in [3.8, 4) is 0 Å². The zero-order valence-electron chi connectivity index (χ0n) is 14.6. The van der Waals surface area contributed by atoms with Crippen LogP contribution in [0, 0.1) is 11.6 Å². The molecule has 2 aromatic rings. The van der Waals surface area contributed by atoms with Crippen LogP contribution in [0.25, 0.3) is 0 Å². The highest BCUT2D eigenvalue weighted by molar-refractivity contribution is 6.32. The lowest BCUT2D eigenvalue weighted by Gasteiger charge is -2.38. The first kappa shape index (κ1) is 19.1. The van der Waals surface area contributed by atoms with Crippen molar-refractivity contribution in [2.45, 2.75) is 31.6 Å². The third kappa shape index (κ3) is 3.12. The van der Waals surface area contributed by atoms with Gasteiger partial charge in [0.1, 0.15) is 11.6 Å². The van der Waals surface area contributed by atoms with Gasteiger partial charge in [-0.05, 0) is 43.2 Å². The summed E-state index contributed by atoms with van der Waals surface area (Å²) in [7, 11) is 0. The van der Waals surface area contributed by atoms with E-state index in [1.807, 2.05) is 0 Å². The maximum atomic E-state index is 14.6. The lowest BCUT2D eigenvalue weighted by Crippen LogP contribution is -2.40. The Labute approximate surface area is 170 Å². The predicted molar refractivity (Wildman–Crippen MR) is 104 cm³/mol. The van der Waals surface area contributed by atoms with E-state index >= 15 is 0 Å². The molecule has 0 spiro atoms. The number of hydrogen-bond acceptors (Lipinski definition) is 2. The van der Waals surface area contributed by atoms with Gasteiger partial charge in [0.25, 0.3) is 0 Å². The van der Waals surface area contributed by atoms with Crippen molar-refractivity contribution in [3.05, 3.63) is 74.9 Å². The Morgan fingerprint density at radius 3 is 2.46 bits per heavy atom. The van der Waals surface area contributed by atoms with Crippen molar-refractivity contribution in [2.24, 2.45) is 0 Å². The summed E-state index contributed by atoms with van der Waals surface area (Å²) in [6.07, 6.45) is 1.27. The number of anilines is 1. The summed E-state index contributed by atoms with van der Waals surface area (Å²) in [4.78, 5) is 27.2. The smallest absolute Gasteiger partial charge is 0.232 e. The molecule has 3 nitrogen and oxygen atoms in total. The van der Waals surface area contributed by atoms with E-state index in [2.05, 4.69) is 0 Å². The van der Waals surface area contributed by atoms with Crippen LogP contribution in [-0.4, -0.2) is 11.7 Å². The maximum Gasteiger partial charge on any atom is 0.232 e. The maximum absolute atomic E-state index is 14.6. The first-order valence-electron chi connectivity index (χ1n) is 8.86. The van der Waals surface area contributed by atoms with Crippen LogP contribution in [0.15, 0.2) is 47.7 Å². The number of benzene rings is 2. The highest BCUT2D eigenvalue weighted by Crippen LogP contribution is 2.45. The Morgan fingerprint density at radius 2 is 1.75 bits per heavy atom. The summed E-state index contributed by atoms with van der Waals surface area (Å²) in [5, 5.41) is 0.0650. The normalized spacial score (nSPS) is 19.9. The largest absolute Gasteiger partial charge is 0.294 e. The van der Waals surface area contributed by atoms with Gasteiger partial charge in [0, 0.05) is 40.6 Å². The lowest BCUT2D eigenvalue weighted by molar-refractivity contribution is -0.119. The van der Waals surface area contributed by atoms with E-state index in [4.69, 9.17) is 23.2 Å². The SMILES string of the molecule is O=C1CCCC2=C1C(c1c(F)cccc1Cl)CC(=O)N2c1ccc(F)c(Cl)c1. The van der Waals surface area contributed by atoms with Crippen LogP contribution >= 0.6 is 23.2 Å². The second kappa shape index (κ2) is 7.30. The summed E-state index contributed by atoms with van der Waals surface area (Å²) in [5.74, 6) is -2.33. The Kier molecular flexibility index (Phi) is 4.98. The molecule has 144 valence electrons. The van der Waals surface area contributed by atoms with Gasteiger partial charge in [0.05, 0.1) is 10.7 Å². The molecule has 1 amide bonds. The van der Waals surface area contributed by atoms with E-state index in [1.165, 1.54) is 35.2 Å². The molecule has 1 aliphatic carbocycles. The van der Waals surface area contributed by atoms with Crippen molar-refractivity contribution in [1.82, 2.24) is 0 Å². The summed E-state index contributed by atoms with van der Waals surface area (Å²) in [6, 6.07) is 8.27. The molecular weight excluding hydrogens is 407 g/mol. The van der Waals surface area contributed by atoms with Crippen LogP contribution in [0.5, 0.6) is 0 Å². The fraction of sp³-hybridized carbons (Fsp3) is 0.238. The molecule has 2 aromatic carbocycles. The zero-order chi connectivity index (χ0) is 20.0. The fourth-order valence-corrected chi connectivity index (χ4v) is 4.48. The van der Waals surface area contributed by atoms with Crippen molar-refractivity contribution >= 4 is 40.6 Å². The van der Waals surface area contributed by atoms with E-state index in [-0.39, 0.29) is 33.7 Å². The highest BCUT2D eigenvalue weighted by atomic mass is 35.5. The van der Waals surface area contributed by atoms with Gasteiger partial charge in [0.2, 0.25) is 5.91 Å². The van der Waals surface area contributed by atoms with Crippen molar-refractivity contribution in [3.63, 3.8) is 0 Å². The van der Waals surface area contributed by atoms with Crippen LogP contribution < -0.4 is 4.90 Å². The molecule has 0 bridgehead atoms. The fourth-order valence-electron chi connectivity index (χ4n) is 4.01. The molecule has 0 radical (unpaired) electrons. The molecule has 4 rings (SSSR count). The van der Waals surface area contributed by atoms with Crippen LogP contribution in [-0.2, 0) is 9.59 Å². The number of rotatable bonds is 2. The van der Waals surface area contributed by atoms with E-state index in [1.54, 1.807) is 6.07 Å². The number of allylic oxidation sites excluding steroid dienone is 2. The Balaban J connectivity index is 1.91. The Hall–Kier alpha value is -2.24. The molecule has 0 saturated heterocycles. The molecule has 1 unspecified atom stereocenters.